The first-order chi connectivity index (χ1) is 10.7. The second-order valence-electron chi connectivity index (χ2n) is 4.72. The van der Waals surface area contributed by atoms with Crippen molar-refractivity contribution in [2.24, 2.45) is 10.7 Å². The minimum Gasteiger partial charge on any atom is -0.370 e. The van der Waals surface area contributed by atoms with E-state index in [1.54, 1.807) is 18.3 Å². The maximum absolute atomic E-state index is 13.6. The topological polar surface area (TPSA) is 63.3 Å². The molecule has 0 saturated carbocycles. The van der Waals surface area contributed by atoms with Gasteiger partial charge in [-0.2, -0.15) is 0 Å². The second kappa shape index (κ2) is 10.4. The summed E-state index contributed by atoms with van der Waals surface area (Å²) in [6, 6.07) is 10.4. The molecule has 23 heavy (non-hydrogen) atoms. The number of rotatable bonds is 6. The van der Waals surface area contributed by atoms with E-state index >= 15 is 0 Å². The number of aliphatic imine (C=N–C) groups is 1. The molecule has 2 aromatic rings. The molecule has 0 aliphatic carbocycles. The number of hydrogen-bond donors (Lipinski definition) is 2. The number of pyridine rings is 1. The third-order valence-electron chi connectivity index (χ3n) is 3.12. The third-order valence-corrected chi connectivity index (χ3v) is 3.47. The Labute approximate surface area is 157 Å². The van der Waals surface area contributed by atoms with E-state index in [-0.39, 0.29) is 29.8 Å². The summed E-state index contributed by atoms with van der Waals surface area (Å²) in [6.45, 7) is 1.02. The summed E-state index contributed by atoms with van der Waals surface area (Å²) in [5.41, 5.74) is 7.22. The molecule has 1 aromatic heterocycles. The molecule has 0 amide bonds. The Morgan fingerprint density at radius 2 is 2.04 bits per heavy atom. The lowest BCUT2D eigenvalue weighted by Gasteiger charge is -2.08. The molecule has 0 unspecified atom stereocenters. The van der Waals surface area contributed by atoms with Crippen molar-refractivity contribution >= 4 is 41.5 Å². The summed E-state index contributed by atoms with van der Waals surface area (Å²) in [5, 5.41) is 3.38. The van der Waals surface area contributed by atoms with Crippen molar-refractivity contribution in [3.8, 4) is 0 Å². The maximum Gasteiger partial charge on any atom is 0.188 e. The van der Waals surface area contributed by atoms with Crippen LogP contribution in [0.1, 0.15) is 11.3 Å². The first kappa shape index (κ1) is 19.6. The zero-order valence-corrected chi connectivity index (χ0v) is 15.6. The first-order valence-electron chi connectivity index (χ1n) is 7.03. The van der Waals surface area contributed by atoms with E-state index in [1.165, 1.54) is 6.07 Å². The van der Waals surface area contributed by atoms with Crippen molar-refractivity contribution < 1.29 is 4.39 Å². The smallest absolute Gasteiger partial charge is 0.188 e. The van der Waals surface area contributed by atoms with Crippen molar-refractivity contribution in [1.82, 2.24) is 10.3 Å². The highest BCUT2D eigenvalue weighted by Crippen LogP contribution is 2.18. The van der Waals surface area contributed by atoms with Crippen LogP contribution in [0.2, 0.25) is 5.02 Å². The molecule has 4 nitrogen and oxygen atoms in total. The Balaban J connectivity index is 0.00000264. The van der Waals surface area contributed by atoms with Crippen LogP contribution in [0, 0.1) is 5.82 Å². The molecule has 0 aliphatic rings. The zero-order chi connectivity index (χ0) is 15.8. The molecule has 7 heteroatoms. The average Bonchev–Trinajstić information content (AvgIpc) is 2.51. The van der Waals surface area contributed by atoms with E-state index in [0.717, 1.165) is 12.1 Å². The zero-order valence-electron chi connectivity index (χ0n) is 12.5. The Morgan fingerprint density at radius 1 is 1.22 bits per heavy atom. The highest BCUT2D eigenvalue weighted by molar-refractivity contribution is 14.0. The summed E-state index contributed by atoms with van der Waals surface area (Å²) < 4.78 is 13.6. The van der Waals surface area contributed by atoms with Gasteiger partial charge in [-0.3, -0.25) is 9.98 Å². The van der Waals surface area contributed by atoms with E-state index in [0.29, 0.717) is 36.1 Å². The van der Waals surface area contributed by atoms with Crippen LogP contribution in [0.25, 0.3) is 0 Å². The van der Waals surface area contributed by atoms with Gasteiger partial charge in [0.05, 0.1) is 0 Å². The van der Waals surface area contributed by atoms with E-state index in [2.05, 4.69) is 15.3 Å². The number of aromatic nitrogens is 1. The van der Waals surface area contributed by atoms with E-state index in [1.807, 2.05) is 18.2 Å². The predicted molar refractivity (Wildman–Crippen MR) is 103 cm³/mol. The van der Waals surface area contributed by atoms with Gasteiger partial charge in [0.2, 0.25) is 0 Å². The Morgan fingerprint density at radius 3 is 2.74 bits per heavy atom. The lowest BCUT2D eigenvalue weighted by atomic mass is 10.1. The van der Waals surface area contributed by atoms with Gasteiger partial charge in [0.1, 0.15) is 5.82 Å². The summed E-state index contributed by atoms with van der Waals surface area (Å²) in [6.07, 6.45) is 2.92. The fourth-order valence-electron chi connectivity index (χ4n) is 1.98. The number of nitrogens with zero attached hydrogens (tertiary/aromatic N) is 2. The van der Waals surface area contributed by atoms with Crippen LogP contribution >= 0.6 is 35.6 Å². The van der Waals surface area contributed by atoms with Crippen LogP contribution in [0.15, 0.2) is 47.6 Å². The van der Waals surface area contributed by atoms with Crippen molar-refractivity contribution in [1.29, 1.82) is 0 Å². The summed E-state index contributed by atoms with van der Waals surface area (Å²) in [4.78, 5) is 8.42. The fraction of sp³-hybridized carbons (Fsp3) is 0.250. The van der Waals surface area contributed by atoms with Crippen LogP contribution in [-0.4, -0.2) is 24.0 Å². The van der Waals surface area contributed by atoms with E-state index in [9.17, 15) is 4.39 Å². The highest BCUT2D eigenvalue weighted by atomic mass is 127. The molecule has 1 aromatic carbocycles. The number of nitrogens with one attached hydrogen (secondary N) is 1. The van der Waals surface area contributed by atoms with Gasteiger partial charge in [-0.05, 0) is 30.7 Å². The monoisotopic (exact) mass is 448 g/mol. The molecule has 124 valence electrons. The highest BCUT2D eigenvalue weighted by Gasteiger charge is 2.06. The summed E-state index contributed by atoms with van der Waals surface area (Å²) in [7, 11) is 0. The molecule has 1 heterocycles. The fourth-order valence-corrected chi connectivity index (χ4v) is 2.24. The average molecular weight is 449 g/mol. The molecule has 0 radical (unpaired) electrons. The quantitative estimate of drug-likeness (QED) is 0.405. The molecular formula is C16H19ClFIN4. The molecule has 0 spiro atoms. The Kier molecular flexibility index (Phi) is 8.86. The number of hydrogen-bond acceptors (Lipinski definition) is 2. The maximum atomic E-state index is 13.6. The number of halogens is 3. The van der Waals surface area contributed by atoms with E-state index in [4.69, 9.17) is 17.3 Å². The standard InChI is InChI=1S/C16H18ClFN4.HI/c17-14-5-3-6-15(18)13(14)8-11-22-16(19)21-10-7-12-4-1-2-9-20-12;/h1-6,9H,7-8,10-11H2,(H3,19,21,22);1H. The molecule has 0 atom stereocenters. The Hall–Kier alpha value is -1.41. The van der Waals surface area contributed by atoms with Gasteiger partial charge in [0.15, 0.2) is 5.96 Å². The molecule has 0 saturated heterocycles. The SMILES string of the molecule is I.NC(=NCCc1ccccn1)NCCc1c(F)cccc1Cl. The molecular weight excluding hydrogens is 430 g/mol. The van der Waals surface area contributed by atoms with Gasteiger partial charge in [-0.1, -0.05) is 23.7 Å². The number of benzene rings is 1. The van der Waals surface area contributed by atoms with Crippen LogP contribution in [-0.2, 0) is 12.8 Å². The molecule has 2 rings (SSSR count). The van der Waals surface area contributed by atoms with Gasteiger partial charge in [0, 0.05) is 42.0 Å². The Bertz CT molecular complexity index is 617. The summed E-state index contributed by atoms with van der Waals surface area (Å²) >= 11 is 5.96. The number of nitrogens with two attached hydrogens (primary N) is 1. The van der Waals surface area contributed by atoms with Crippen molar-refractivity contribution in [2.75, 3.05) is 13.1 Å². The minimum atomic E-state index is -0.306. The van der Waals surface area contributed by atoms with Crippen LogP contribution in [0.3, 0.4) is 0 Å². The van der Waals surface area contributed by atoms with Gasteiger partial charge in [-0.15, -0.1) is 24.0 Å². The minimum absolute atomic E-state index is 0. The van der Waals surface area contributed by atoms with Gasteiger partial charge in [-0.25, -0.2) is 4.39 Å². The van der Waals surface area contributed by atoms with Crippen molar-refractivity contribution in [3.63, 3.8) is 0 Å². The van der Waals surface area contributed by atoms with Crippen LogP contribution in [0.4, 0.5) is 4.39 Å². The van der Waals surface area contributed by atoms with E-state index < -0.39 is 0 Å². The molecule has 0 bridgehead atoms. The van der Waals surface area contributed by atoms with Crippen molar-refractivity contribution in [2.45, 2.75) is 12.8 Å². The molecule has 3 N–H and O–H groups in total. The van der Waals surface area contributed by atoms with Crippen LogP contribution < -0.4 is 11.1 Å². The number of guanidine groups is 1. The van der Waals surface area contributed by atoms with Gasteiger partial charge in [0.25, 0.3) is 0 Å². The molecule has 0 aliphatic heterocycles. The second-order valence-corrected chi connectivity index (χ2v) is 5.12. The summed E-state index contributed by atoms with van der Waals surface area (Å²) in [5.74, 6) is 0.0309. The normalized spacial score (nSPS) is 11.0. The predicted octanol–water partition coefficient (Wildman–Crippen LogP) is 3.18. The first-order valence-corrected chi connectivity index (χ1v) is 7.41. The van der Waals surface area contributed by atoms with Gasteiger partial charge >= 0.3 is 0 Å². The lowest BCUT2D eigenvalue weighted by molar-refractivity contribution is 0.607. The third kappa shape index (κ3) is 6.70. The molecule has 0 fully saturated rings. The lowest BCUT2D eigenvalue weighted by Crippen LogP contribution is -2.33. The van der Waals surface area contributed by atoms with Crippen LogP contribution in [0.5, 0.6) is 0 Å². The largest absolute Gasteiger partial charge is 0.370 e. The van der Waals surface area contributed by atoms with Crippen molar-refractivity contribution in [3.05, 3.63) is 64.7 Å². The van der Waals surface area contributed by atoms with Gasteiger partial charge < -0.3 is 11.1 Å².